The molecule has 0 saturated carbocycles. The van der Waals surface area contributed by atoms with E-state index in [9.17, 15) is 4.79 Å². The number of aliphatic imine (C=N–C) groups is 1. The molecule has 1 unspecified atom stereocenters. The van der Waals surface area contributed by atoms with Gasteiger partial charge >= 0.3 is 0 Å². The third-order valence-corrected chi connectivity index (χ3v) is 1.87. The van der Waals surface area contributed by atoms with Gasteiger partial charge in [-0.3, -0.25) is 4.68 Å². The number of isocyanates is 1. The number of nitrogens with zero attached hydrogens (tertiary/aromatic N) is 4. The van der Waals surface area contributed by atoms with E-state index in [0.717, 1.165) is 5.69 Å². The van der Waals surface area contributed by atoms with Gasteiger partial charge < -0.3 is 0 Å². The van der Waals surface area contributed by atoms with Crippen molar-refractivity contribution in [2.75, 3.05) is 0 Å². The van der Waals surface area contributed by atoms with Gasteiger partial charge in [-0.05, 0) is 6.92 Å². The molecule has 0 saturated heterocycles. The maximum atomic E-state index is 10.00. The van der Waals surface area contributed by atoms with Crippen molar-refractivity contribution in [1.29, 1.82) is 5.26 Å². The lowest BCUT2D eigenvalue weighted by molar-refractivity contribution is 0.561. The van der Waals surface area contributed by atoms with Crippen LogP contribution in [0.1, 0.15) is 17.3 Å². The predicted molar refractivity (Wildman–Crippen MR) is 44.4 cm³/mol. The minimum atomic E-state index is -0.786. The minimum absolute atomic E-state index is 0.647. The molecule has 0 amide bonds. The van der Waals surface area contributed by atoms with E-state index >= 15 is 0 Å². The Bertz CT molecular complexity index is 395. The Morgan fingerprint density at radius 3 is 2.85 bits per heavy atom. The second-order valence-electron chi connectivity index (χ2n) is 2.56. The first-order valence-electron chi connectivity index (χ1n) is 3.65. The van der Waals surface area contributed by atoms with Crippen LogP contribution >= 0.6 is 0 Å². The van der Waals surface area contributed by atoms with Gasteiger partial charge in [-0.1, -0.05) is 0 Å². The summed E-state index contributed by atoms with van der Waals surface area (Å²) in [6.45, 7) is 1.81. The van der Waals surface area contributed by atoms with Crippen molar-refractivity contribution < 1.29 is 4.79 Å². The van der Waals surface area contributed by atoms with Crippen LogP contribution in [-0.4, -0.2) is 15.9 Å². The summed E-state index contributed by atoms with van der Waals surface area (Å²) in [6.07, 6.45) is 2.90. The molecule has 0 aliphatic heterocycles. The summed E-state index contributed by atoms with van der Waals surface area (Å²) in [5.74, 6) is 0. The first-order chi connectivity index (χ1) is 6.20. The molecule has 66 valence electrons. The molecule has 1 aromatic heterocycles. The Morgan fingerprint density at radius 1 is 1.77 bits per heavy atom. The molecule has 13 heavy (non-hydrogen) atoms. The Morgan fingerprint density at radius 2 is 2.46 bits per heavy atom. The molecule has 0 aliphatic rings. The predicted octanol–water partition coefficient (Wildman–Crippen LogP) is 0.629. The fourth-order valence-electron chi connectivity index (χ4n) is 1.00. The number of aromatic nitrogens is 2. The van der Waals surface area contributed by atoms with Crippen molar-refractivity contribution in [2.24, 2.45) is 12.0 Å². The molecule has 1 aromatic rings. The Kier molecular flexibility index (Phi) is 2.58. The van der Waals surface area contributed by atoms with E-state index in [4.69, 9.17) is 5.26 Å². The SMILES string of the molecule is Cc1c(C(C#N)N=C=O)cnn1C. The van der Waals surface area contributed by atoms with Gasteiger partial charge in [0, 0.05) is 18.3 Å². The number of hydrogen-bond donors (Lipinski definition) is 0. The average molecular weight is 176 g/mol. The lowest BCUT2D eigenvalue weighted by Crippen LogP contribution is -1.96. The van der Waals surface area contributed by atoms with Gasteiger partial charge in [0.1, 0.15) is 0 Å². The summed E-state index contributed by atoms with van der Waals surface area (Å²) < 4.78 is 1.62. The van der Waals surface area contributed by atoms with Gasteiger partial charge in [0.15, 0.2) is 6.04 Å². The van der Waals surface area contributed by atoms with E-state index in [1.165, 1.54) is 12.3 Å². The largest absolute Gasteiger partial charge is 0.273 e. The number of aryl methyl sites for hydroxylation is 1. The van der Waals surface area contributed by atoms with E-state index in [0.29, 0.717) is 5.56 Å². The highest BCUT2D eigenvalue weighted by Crippen LogP contribution is 2.18. The van der Waals surface area contributed by atoms with Crippen LogP contribution in [0, 0.1) is 18.3 Å². The maximum absolute atomic E-state index is 10.00. The van der Waals surface area contributed by atoms with Crippen molar-refractivity contribution in [3.05, 3.63) is 17.5 Å². The molecular formula is C8H8N4O. The fraction of sp³-hybridized carbons (Fsp3) is 0.375. The van der Waals surface area contributed by atoms with Gasteiger partial charge in [0.2, 0.25) is 6.08 Å². The third kappa shape index (κ3) is 1.63. The number of carbonyl (C=O) groups excluding carboxylic acids is 1. The first-order valence-corrected chi connectivity index (χ1v) is 3.65. The number of rotatable bonds is 2. The number of nitriles is 1. The van der Waals surface area contributed by atoms with E-state index in [1.807, 2.05) is 13.0 Å². The number of hydrogen-bond acceptors (Lipinski definition) is 4. The molecule has 1 rings (SSSR count). The molecule has 1 atom stereocenters. The normalized spacial score (nSPS) is 11.5. The molecule has 0 aliphatic carbocycles. The summed E-state index contributed by atoms with van der Waals surface area (Å²) >= 11 is 0. The third-order valence-electron chi connectivity index (χ3n) is 1.87. The second kappa shape index (κ2) is 3.65. The summed E-state index contributed by atoms with van der Waals surface area (Å²) in [6, 6.07) is 1.10. The first kappa shape index (κ1) is 9.17. The topological polar surface area (TPSA) is 71.0 Å². The standard InChI is InChI=1S/C8H8N4O/c1-6-7(4-11-12(6)2)8(3-9)10-5-13/h4,8H,1-2H3. The molecule has 1 heterocycles. The van der Waals surface area contributed by atoms with Crippen LogP contribution in [0.15, 0.2) is 11.2 Å². The molecule has 0 spiro atoms. The van der Waals surface area contributed by atoms with Crippen molar-refractivity contribution in [2.45, 2.75) is 13.0 Å². The molecular weight excluding hydrogens is 168 g/mol. The van der Waals surface area contributed by atoms with Crippen LogP contribution in [0.2, 0.25) is 0 Å². The summed E-state index contributed by atoms with van der Waals surface area (Å²) in [4.78, 5) is 13.4. The average Bonchev–Trinajstić information content (AvgIpc) is 2.45. The van der Waals surface area contributed by atoms with E-state index in [-0.39, 0.29) is 0 Å². The Balaban J connectivity index is 3.13. The van der Waals surface area contributed by atoms with Crippen LogP contribution in [0.3, 0.4) is 0 Å². The highest BCUT2D eigenvalue weighted by Gasteiger charge is 2.14. The van der Waals surface area contributed by atoms with Gasteiger partial charge in [-0.25, -0.2) is 4.79 Å². The highest BCUT2D eigenvalue weighted by atomic mass is 16.1. The van der Waals surface area contributed by atoms with Crippen LogP contribution in [-0.2, 0) is 11.8 Å². The van der Waals surface area contributed by atoms with Gasteiger partial charge in [-0.2, -0.15) is 15.4 Å². The Hall–Kier alpha value is -1.92. The fourth-order valence-corrected chi connectivity index (χ4v) is 1.00. The van der Waals surface area contributed by atoms with E-state index in [1.54, 1.807) is 11.7 Å². The van der Waals surface area contributed by atoms with Crippen LogP contribution in [0.25, 0.3) is 0 Å². The van der Waals surface area contributed by atoms with E-state index < -0.39 is 6.04 Å². The molecule has 0 radical (unpaired) electrons. The zero-order valence-corrected chi connectivity index (χ0v) is 7.35. The lowest BCUT2D eigenvalue weighted by Gasteiger charge is -1.99. The summed E-state index contributed by atoms with van der Waals surface area (Å²) in [5.41, 5.74) is 1.47. The van der Waals surface area contributed by atoms with Crippen molar-refractivity contribution in [1.82, 2.24) is 9.78 Å². The summed E-state index contributed by atoms with van der Waals surface area (Å²) in [5, 5.41) is 12.6. The highest BCUT2D eigenvalue weighted by molar-refractivity contribution is 5.38. The molecule has 5 nitrogen and oxygen atoms in total. The van der Waals surface area contributed by atoms with Crippen molar-refractivity contribution in [3.63, 3.8) is 0 Å². The Labute approximate surface area is 75.3 Å². The van der Waals surface area contributed by atoms with Gasteiger partial charge in [0.05, 0.1) is 12.3 Å². The molecule has 0 bridgehead atoms. The van der Waals surface area contributed by atoms with Crippen LogP contribution in [0.5, 0.6) is 0 Å². The van der Waals surface area contributed by atoms with Crippen LogP contribution in [0.4, 0.5) is 0 Å². The van der Waals surface area contributed by atoms with Crippen LogP contribution < -0.4 is 0 Å². The minimum Gasteiger partial charge on any atom is -0.273 e. The van der Waals surface area contributed by atoms with Gasteiger partial charge in [-0.15, -0.1) is 0 Å². The van der Waals surface area contributed by atoms with Crippen molar-refractivity contribution >= 4 is 6.08 Å². The second-order valence-corrected chi connectivity index (χ2v) is 2.56. The smallest absolute Gasteiger partial charge is 0.236 e. The maximum Gasteiger partial charge on any atom is 0.236 e. The van der Waals surface area contributed by atoms with E-state index in [2.05, 4.69) is 10.1 Å². The molecule has 5 heteroatoms. The quantitative estimate of drug-likeness (QED) is 0.490. The van der Waals surface area contributed by atoms with Gasteiger partial charge in [0.25, 0.3) is 0 Å². The monoisotopic (exact) mass is 176 g/mol. The summed E-state index contributed by atoms with van der Waals surface area (Å²) in [7, 11) is 1.76. The molecule has 0 aromatic carbocycles. The molecule has 0 N–H and O–H groups in total. The zero-order valence-electron chi connectivity index (χ0n) is 7.35. The molecule has 0 fully saturated rings. The van der Waals surface area contributed by atoms with Crippen molar-refractivity contribution in [3.8, 4) is 6.07 Å². The lowest BCUT2D eigenvalue weighted by atomic mass is 10.1. The zero-order chi connectivity index (χ0) is 9.84.